The van der Waals surface area contributed by atoms with Gasteiger partial charge in [0.15, 0.2) is 5.82 Å². The Morgan fingerprint density at radius 3 is 2.54 bits per heavy atom. The monoisotopic (exact) mass is 380 g/mol. The number of rotatable bonds is 7. The number of anilines is 1. The van der Waals surface area contributed by atoms with Crippen molar-refractivity contribution in [2.45, 2.75) is 46.5 Å². The molecule has 0 aliphatic carbocycles. The van der Waals surface area contributed by atoms with Gasteiger partial charge in [0.1, 0.15) is 5.82 Å². The number of amides is 1. The van der Waals surface area contributed by atoms with Gasteiger partial charge < -0.3 is 9.80 Å². The molecule has 5 heteroatoms. The summed E-state index contributed by atoms with van der Waals surface area (Å²) in [5.41, 5.74) is 2.25. The molecule has 1 aliphatic heterocycles. The van der Waals surface area contributed by atoms with Crippen molar-refractivity contribution in [3.63, 3.8) is 0 Å². The number of benzene rings is 1. The summed E-state index contributed by atoms with van der Waals surface area (Å²) in [6.45, 7) is 9.74. The van der Waals surface area contributed by atoms with E-state index in [1.165, 1.54) is 5.56 Å². The molecule has 0 radical (unpaired) electrons. The molecule has 2 aromatic rings. The summed E-state index contributed by atoms with van der Waals surface area (Å²) in [6.07, 6.45) is 5.83. The summed E-state index contributed by atoms with van der Waals surface area (Å²) in [4.78, 5) is 26.6. The van der Waals surface area contributed by atoms with Crippen LogP contribution in [0.1, 0.15) is 45.1 Å². The molecular weight excluding hydrogens is 348 g/mol. The van der Waals surface area contributed by atoms with E-state index in [9.17, 15) is 4.79 Å². The van der Waals surface area contributed by atoms with Gasteiger partial charge in [-0.2, -0.15) is 0 Å². The highest BCUT2D eigenvalue weighted by atomic mass is 16.2. The average molecular weight is 381 g/mol. The van der Waals surface area contributed by atoms with Gasteiger partial charge in [-0.15, -0.1) is 0 Å². The molecule has 28 heavy (non-hydrogen) atoms. The highest BCUT2D eigenvalue weighted by Crippen LogP contribution is 2.25. The van der Waals surface area contributed by atoms with Crippen LogP contribution in [0.25, 0.3) is 11.4 Å². The van der Waals surface area contributed by atoms with Gasteiger partial charge in [-0.25, -0.2) is 9.97 Å². The van der Waals surface area contributed by atoms with E-state index in [0.717, 1.165) is 69.1 Å². The zero-order valence-electron chi connectivity index (χ0n) is 17.4. The van der Waals surface area contributed by atoms with Crippen molar-refractivity contribution < 1.29 is 4.79 Å². The molecule has 1 amide bonds. The minimum atomic E-state index is 0.0599. The van der Waals surface area contributed by atoms with Crippen molar-refractivity contribution in [2.24, 2.45) is 5.92 Å². The zero-order chi connectivity index (χ0) is 19.9. The van der Waals surface area contributed by atoms with Crippen LogP contribution < -0.4 is 4.90 Å². The second-order valence-electron chi connectivity index (χ2n) is 7.71. The third kappa shape index (κ3) is 4.89. The first-order chi connectivity index (χ1) is 13.6. The van der Waals surface area contributed by atoms with Crippen LogP contribution in [-0.4, -0.2) is 47.0 Å². The number of nitrogens with zero attached hydrogens (tertiary/aromatic N) is 4. The first kappa shape index (κ1) is 20.3. The maximum atomic E-state index is 13.0. The van der Waals surface area contributed by atoms with E-state index in [2.05, 4.69) is 54.9 Å². The topological polar surface area (TPSA) is 49.3 Å². The molecule has 5 nitrogen and oxygen atoms in total. The van der Waals surface area contributed by atoms with Gasteiger partial charge in [0.05, 0.1) is 5.92 Å². The number of hydrogen-bond donors (Lipinski definition) is 0. The molecule has 1 saturated heterocycles. The number of aromatic nitrogens is 2. The van der Waals surface area contributed by atoms with Crippen LogP contribution in [0.2, 0.25) is 0 Å². The molecule has 0 spiro atoms. The van der Waals surface area contributed by atoms with Gasteiger partial charge in [-0.1, -0.05) is 43.7 Å². The molecule has 0 unspecified atom stereocenters. The SMILES string of the molecule is CCCN(CCC)C(=O)[C@@H]1CCCN(c2ccnc(-c3ccc(C)cc3)n2)C1. The van der Waals surface area contributed by atoms with Crippen LogP contribution in [0.5, 0.6) is 0 Å². The highest BCUT2D eigenvalue weighted by molar-refractivity contribution is 5.79. The second-order valence-corrected chi connectivity index (χ2v) is 7.71. The molecule has 3 rings (SSSR count). The Bertz CT molecular complexity index is 768. The lowest BCUT2D eigenvalue weighted by atomic mass is 9.96. The summed E-state index contributed by atoms with van der Waals surface area (Å²) in [5, 5.41) is 0. The fraction of sp³-hybridized carbons (Fsp3) is 0.522. The van der Waals surface area contributed by atoms with Crippen LogP contribution in [0.4, 0.5) is 5.82 Å². The molecule has 1 aromatic heterocycles. The summed E-state index contributed by atoms with van der Waals surface area (Å²) in [5.74, 6) is 2.02. The average Bonchev–Trinajstić information content (AvgIpc) is 2.74. The van der Waals surface area contributed by atoms with E-state index in [-0.39, 0.29) is 5.92 Å². The van der Waals surface area contributed by atoms with E-state index >= 15 is 0 Å². The molecule has 150 valence electrons. The van der Waals surface area contributed by atoms with E-state index in [1.807, 2.05) is 17.2 Å². The minimum absolute atomic E-state index is 0.0599. The normalized spacial score (nSPS) is 16.8. The Hall–Kier alpha value is -2.43. The molecule has 2 heterocycles. The molecule has 1 aromatic carbocycles. The van der Waals surface area contributed by atoms with Crippen LogP contribution >= 0.6 is 0 Å². The quantitative estimate of drug-likeness (QED) is 0.718. The van der Waals surface area contributed by atoms with Crippen molar-refractivity contribution in [3.8, 4) is 11.4 Å². The van der Waals surface area contributed by atoms with Crippen molar-refractivity contribution in [2.75, 3.05) is 31.1 Å². The first-order valence-corrected chi connectivity index (χ1v) is 10.6. The van der Waals surface area contributed by atoms with Crippen LogP contribution in [0, 0.1) is 12.8 Å². The summed E-state index contributed by atoms with van der Waals surface area (Å²) in [7, 11) is 0. The highest BCUT2D eigenvalue weighted by Gasteiger charge is 2.29. The number of piperidine rings is 1. The fourth-order valence-corrected chi connectivity index (χ4v) is 3.88. The van der Waals surface area contributed by atoms with E-state index < -0.39 is 0 Å². The predicted molar refractivity (Wildman–Crippen MR) is 114 cm³/mol. The number of carbonyl (C=O) groups excluding carboxylic acids is 1. The zero-order valence-corrected chi connectivity index (χ0v) is 17.4. The molecule has 1 fully saturated rings. The fourth-order valence-electron chi connectivity index (χ4n) is 3.88. The molecule has 0 bridgehead atoms. The molecule has 0 N–H and O–H groups in total. The predicted octanol–water partition coefficient (Wildman–Crippen LogP) is 4.32. The van der Waals surface area contributed by atoms with Crippen molar-refractivity contribution >= 4 is 11.7 Å². The first-order valence-electron chi connectivity index (χ1n) is 10.6. The summed E-state index contributed by atoms with van der Waals surface area (Å²) < 4.78 is 0. The maximum absolute atomic E-state index is 13.0. The Morgan fingerprint density at radius 1 is 1.14 bits per heavy atom. The van der Waals surface area contributed by atoms with Gasteiger partial charge in [0.25, 0.3) is 0 Å². The van der Waals surface area contributed by atoms with Gasteiger partial charge in [-0.05, 0) is 38.7 Å². The van der Waals surface area contributed by atoms with E-state index in [4.69, 9.17) is 4.98 Å². The second kappa shape index (κ2) is 9.67. The summed E-state index contributed by atoms with van der Waals surface area (Å²) in [6, 6.07) is 10.2. The molecule has 1 aliphatic rings. The largest absolute Gasteiger partial charge is 0.356 e. The van der Waals surface area contributed by atoms with Crippen LogP contribution in [-0.2, 0) is 4.79 Å². The van der Waals surface area contributed by atoms with E-state index in [0.29, 0.717) is 5.91 Å². The smallest absolute Gasteiger partial charge is 0.227 e. The Kier molecular flexibility index (Phi) is 7.01. The standard InChI is InChI=1S/C23H32N4O/c1-4-14-26(15-5-2)23(28)20-7-6-16-27(17-20)21-12-13-24-22(25-21)19-10-8-18(3)9-11-19/h8-13,20H,4-7,14-17H2,1-3H3/t20-/m1/s1. The van der Waals surface area contributed by atoms with Crippen molar-refractivity contribution in [1.29, 1.82) is 0 Å². The van der Waals surface area contributed by atoms with Gasteiger partial charge in [0, 0.05) is 37.9 Å². The molecule has 1 atom stereocenters. The Morgan fingerprint density at radius 2 is 1.86 bits per heavy atom. The lowest BCUT2D eigenvalue weighted by molar-refractivity contribution is -0.135. The minimum Gasteiger partial charge on any atom is -0.356 e. The third-order valence-corrected chi connectivity index (χ3v) is 5.34. The summed E-state index contributed by atoms with van der Waals surface area (Å²) >= 11 is 0. The Balaban J connectivity index is 1.74. The van der Waals surface area contributed by atoms with Gasteiger partial charge >= 0.3 is 0 Å². The Labute approximate surface area is 168 Å². The lowest BCUT2D eigenvalue weighted by Crippen LogP contribution is -2.45. The van der Waals surface area contributed by atoms with Crippen LogP contribution in [0.15, 0.2) is 36.5 Å². The van der Waals surface area contributed by atoms with Crippen molar-refractivity contribution in [3.05, 3.63) is 42.1 Å². The van der Waals surface area contributed by atoms with Gasteiger partial charge in [-0.3, -0.25) is 4.79 Å². The molecular formula is C23H32N4O. The number of hydrogen-bond acceptors (Lipinski definition) is 4. The maximum Gasteiger partial charge on any atom is 0.227 e. The lowest BCUT2D eigenvalue weighted by Gasteiger charge is -2.35. The molecule has 0 saturated carbocycles. The van der Waals surface area contributed by atoms with Gasteiger partial charge in [0.2, 0.25) is 5.91 Å². The third-order valence-electron chi connectivity index (χ3n) is 5.34. The number of carbonyl (C=O) groups is 1. The van der Waals surface area contributed by atoms with Crippen LogP contribution in [0.3, 0.4) is 0 Å². The number of aryl methyl sites for hydroxylation is 1. The van der Waals surface area contributed by atoms with Crippen molar-refractivity contribution in [1.82, 2.24) is 14.9 Å². The van der Waals surface area contributed by atoms with E-state index in [1.54, 1.807) is 0 Å².